The van der Waals surface area contributed by atoms with Gasteiger partial charge in [-0.15, -0.1) is 0 Å². The fraction of sp³-hybridized carbons (Fsp3) is 0.312. The summed E-state index contributed by atoms with van der Waals surface area (Å²) in [6.07, 6.45) is 4.50. The first kappa shape index (κ1) is 13.6. The second kappa shape index (κ2) is 6.90. The molecule has 100 valence electrons. The normalized spacial score (nSPS) is 12.1. The molecule has 0 radical (unpaired) electrons. The molecule has 1 heterocycles. The first-order valence-corrected chi connectivity index (χ1v) is 6.75. The molecule has 1 aromatic carbocycles. The lowest BCUT2D eigenvalue weighted by Crippen LogP contribution is -2.20. The number of ether oxygens (including phenoxy) is 1. The third-order valence-electron chi connectivity index (χ3n) is 3.02. The van der Waals surface area contributed by atoms with Crippen molar-refractivity contribution in [2.24, 2.45) is 0 Å². The van der Waals surface area contributed by atoms with E-state index in [9.17, 15) is 0 Å². The highest BCUT2D eigenvalue weighted by molar-refractivity contribution is 5.39. The Balaban J connectivity index is 2.25. The molecule has 3 nitrogen and oxygen atoms in total. The van der Waals surface area contributed by atoms with E-state index in [0.29, 0.717) is 6.04 Å². The van der Waals surface area contributed by atoms with Crippen LogP contribution in [0, 0.1) is 0 Å². The standard InChI is InChI=1S/C16H20N2O/c1-3-15(18-4-2)14-9-5-6-10-16(14)19-13-8-7-11-17-12-13/h5-12,15,18H,3-4H2,1-2H3. The number of benzene rings is 1. The second-order valence-corrected chi connectivity index (χ2v) is 4.35. The molecule has 0 aliphatic heterocycles. The second-order valence-electron chi connectivity index (χ2n) is 4.35. The lowest BCUT2D eigenvalue weighted by molar-refractivity contribution is 0.451. The summed E-state index contributed by atoms with van der Waals surface area (Å²) in [5.74, 6) is 1.66. The molecule has 0 spiro atoms. The van der Waals surface area contributed by atoms with E-state index in [-0.39, 0.29) is 0 Å². The maximum atomic E-state index is 5.94. The molecule has 0 amide bonds. The molecule has 0 aliphatic carbocycles. The average Bonchev–Trinajstić information content (AvgIpc) is 2.47. The number of pyridine rings is 1. The molecular formula is C16H20N2O. The van der Waals surface area contributed by atoms with Crippen LogP contribution in [0.15, 0.2) is 48.8 Å². The first-order valence-electron chi connectivity index (χ1n) is 6.75. The van der Waals surface area contributed by atoms with Crippen LogP contribution < -0.4 is 10.1 Å². The van der Waals surface area contributed by atoms with E-state index in [1.165, 1.54) is 5.56 Å². The highest BCUT2D eigenvalue weighted by Crippen LogP contribution is 2.30. The van der Waals surface area contributed by atoms with Crippen molar-refractivity contribution in [2.75, 3.05) is 6.54 Å². The van der Waals surface area contributed by atoms with E-state index in [2.05, 4.69) is 30.2 Å². The van der Waals surface area contributed by atoms with Crippen molar-refractivity contribution in [2.45, 2.75) is 26.3 Å². The number of aromatic nitrogens is 1. The van der Waals surface area contributed by atoms with E-state index in [0.717, 1.165) is 24.5 Å². The number of para-hydroxylation sites is 1. The predicted molar refractivity (Wildman–Crippen MR) is 77.5 cm³/mol. The zero-order valence-electron chi connectivity index (χ0n) is 11.5. The molecule has 1 N–H and O–H groups in total. The highest BCUT2D eigenvalue weighted by Gasteiger charge is 2.13. The molecule has 0 saturated carbocycles. The SMILES string of the molecule is CCNC(CC)c1ccccc1Oc1cccnc1. The van der Waals surface area contributed by atoms with E-state index in [4.69, 9.17) is 4.74 Å². The van der Waals surface area contributed by atoms with Crippen molar-refractivity contribution >= 4 is 0 Å². The summed E-state index contributed by atoms with van der Waals surface area (Å²) >= 11 is 0. The Hall–Kier alpha value is -1.87. The Bertz CT molecular complexity index is 499. The van der Waals surface area contributed by atoms with E-state index < -0.39 is 0 Å². The Morgan fingerprint density at radius 2 is 2.00 bits per heavy atom. The number of nitrogens with one attached hydrogen (secondary N) is 1. The van der Waals surface area contributed by atoms with Gasteiger partial charge in [0.05, 0.1) is 6.20 Å². The Morgan fingerprint density at radius 3 is 2.68 bits per heavy atom. The van der Waals surface area contributed by atoms with E-state index in [1.807, 2.05) is 30.3 Å². The van der Waals surface area contributed by atoms with Crippen LogP contribution in [0.25, 0.3) is 0 Å². The zero-order chi connectivity index (χ0) is 13.5. The maximum absolute atomic E-state index is 5.94. The topological polar surface area (TPSA) is 34.1 Å². The molecule has 0 aliphatic rings. The molecule has 1 atom stereocenters. The molecule has 0 fully saturated rings. The minimum atomic E-state index is 0.317. The lowest BCUT2D eigenvalue weighted by Gasteiger charge is -2.19. The van der Waals surface area contributed by atoms with Gasteiger partial charge in [-0.3, -0.25) is 4.98 Å². The minimum Gasteiger partial charge on any atom is -0.455 e. The Labute approximate surface area is 114 Å². The van der Waals surface area contributed by atoms with Crippen LogP contribution in [0.1, 0.15) is 31.9 Å². The molecule has 0 bridgehead atoms. The summed E-state index contributed by atoms with van der Waals surface area (Å²) < 4.78 is 5.94. The van der Waals surface area contributed by atoms with Gasteiger partial charge in [-0.05, 0) is 31.2 Å². The lowest BCUT2D eigenvalue weighted by atomic mass is 10.0. The van der Waals surface area contributed by atoms with Crippen LogP contribution in [-0.2, 0) is 0 Å². The molecule has 1 aromatic heterocycles. The van der Waals surface area contributed by atoms with Gasteiger partial charge in [0.2, 0.25) is 0 Å². The summed E-state index contributed by atoms with van der Waals surface area (Å²) in [6, 6.07) is 12.3. The van der Waals surface area contributed by atoms with Gasteiger partial charge in [0.15, 0.2) is 0 Å². The summed E-state index contributed by atoms with van der Waals surface area (Å²) in [7, 11) is 0. The van der Waals surface area contributed by atoms with Gasteiger partial charge < -0.3 is 10.1 Å². The third-order valence-corrected chi connectivity index (χ3v) is 3.02. The summed E-state index contributed by atoms with van der Waals surface area (Å²) in [4.78, 5) is 4.07. The molecule has 2 aromatic rings. The largest absolute Gasteiger partial charge is 0.455 e. The van der Waals surface area contributed by atoms with Gasteiger partial charge in [-0.1, -0.05) is 32.0 Å². The molecule has 3 heteroatoms. The number of nitrogens with zero attached hydrogens (tertiary/aromatic N) is 1. The van der Waals surface area contributed by atoms with Crippen molar-refractivity contribution in [3.05, 3.63) is 54.4 Å². The van der Waals surface area contributed by atoms with Gasteiger partial charge in [0.25, 0.3) is 0 Å². The van der Waals surface area contributed by atoms with Crippen molar-refractivity contribution in [3.63, 3.8) is 0 Å². The van der Waals surface area contributed by atoms with Crippen molar-refractivity contribution in [1.29, 1.82) is 0 Å². The monoisotopic (exact) mass is 256 g/mol. The number of rotatable bonds is 6. The van der Waals surface area contributed by atoms with Crippen molar-refractivity contribution < 1.29 is 4.74 Å². The highest BCUT2D eigenvalue weighted by atomic mass is 16.5. The van der Waals surface area contributed by atoms with Gasteiger partial charge >= 0.3 is 0 Å². The Morgan fingerprint density at radius 1 is 1.16 bits per heavy atom. The molecule has 19 heavy (non-hydrogen) atoms. The van der Waals surface area contributed by atoms with Crippen LogP contribution in [0.2, 0.25) is 0 Å². The smallest absolute Gasteiger partial charge is 0.145 e. The summed E-state index contributed by atoms with van der Waals surface area (Å²) in [5.41, 5.74) is 1.19. The number of hydrogen-bond donors (Lipinski definition) is 1. The molecule has 1 unspecified atom stereocenters. The van der Waals surface area contributed by atoms with Crippen LogP contribution in [-0.4, -0.2) is 11.5 Å². The fourth-order valence-corrected chi connectivity index (χ4v) is 2.12. The number of hydrogen-bond acceptors (Lipinski definition) is 3. The zero-order valence-corrected chi connectivity index (χ0v) is 11.5. The predicted octanol–water partition coefficient (Wildman–Crippen LogP) is 3.93. The molecule has 2 rings (SSSR count). The van der Waals surface area contributed by atoms with Crippen LogP contribution >= 0.6 is 0 Å². The maximum Gasteiger partial charge on any atom is 0.145 e. The Kier molecular flexibility index (Phi) is 4.93. The van der Waals surface area contributed by atoms with Gasteiger partial charge in [0, 0.05) is 17.8 Å². The van der Waals surface area contributed by atoms with Gasteiger partial charge in [-0.2, -0.15) is 0 Å². The summed E-state index contributed by atoms with van der Waals surface area (Å²) in [6.45, 7) is 5.24. The quantitative estimate of drug-likeness (QED) is 0.850. The fourth-order valence-electron chi connectivity index (χ4n) is 2.12. The average molecular weight is 256 g/mol. The van der Waals surface area contributed by atoms with Crippen LogP contribution in [0.4, 0.5) is 0 Å². The molecular weight excluding hydrogens is 236 g/mol. The first-order chi connectivity index (χ1) is 9.35. The molecule has 0 saturated heterocycles. The van der Waals surface area contributed by atoms with E-state index in [1.54, 1.807) is 12.4 Å². The van der Waals surface area contributed by atoms with E-state index >= 15 is 0 Å². The van der Waals surface area contributed by atoms with Crippen molar-refractivity contribution in [3.8, 4) is 11.5 Å². The van der Waals surface area contributed by atoms with Gasteiger partial charge in [0.1, 0.15) is 11.5 Å². The van der Waals surface area contributed by atoms with Crippen LogP contribution in [0.5, 0.6) is 11.5 Å². The van der Waals surface area contributed by atoms with Crippen molar-refractivity contribution in [1.82, 2.24) is 10.3 Å². The van der Waals surface area contributed by atoms with Gasteiger partial charge in [-0.25, -0.2) is 0 Å². The summed E-state index contributed by atoms with van der Waals surface area (Å²) in [5, 5.41) is 3.48. The van der Waals surface area contributed by atoms with Crippen LogP contribution in [0.3, 0.4) is 0 Å². The minimum absolute atomic E-state index is 0.317. The third kappa shape index (κ3) is 3.55.